The Morgan fingerprint density at radius 2 is 1.79 bits per heavy atom. The van der Waals surface area contributed by atoms with E-state index >= 15 is 0 Å². The van der Waals surface area contributed by atoms with Crippen LogP contribution in [0.5, 0.6) is 0 Å². The number of rotatable bonds is 3. The molecule has 0 bridgehead atoms. The van der Waals surface area contributed by atoms with E-state index in [2.05, 4.69) is 4.98 Å². The molecule has 0 radical (unpaired) electrons. The summed E-state index contributed by atoms with van der Waals surface area (Å²) >= 11 is 0. The van der Waals surface area contributed by atoms with Gasteiger partial charge in [0.2, 0.25) is 0 Å². The molecule has 2 heterocycles. The highest BCUT2D eigenvalue weighted by atomic mass is 16.3. The number of nitrogens with zero attached hydrogens (tertiary/aromatic N) is 1. The molecule has 0 aliphatic carbocycles. The van der Waals surface area contributed by atoms with E-state index in [1.54, 1.807) is 12.4 Å². The third-order valence-electron chi connectivity index (χ3n) is 2.05. The number of aromatic nitrogens is 1. The van der Waals surface area contributed by atoms with Crippen molar-refractivity contribution in [3.63, 3.8) is 0 Å². The smallest absolute Gasteiger partial charge is 0.117 e. The molecule has 0 amide bonds. The standard InChI is InChI=1S/C11H12N2O/c12-8-11-2-1-10(14-11)7-9-3-5-13-6-4-9/h1-6H,7-8,12H2. The lowest BCUT2D eigenvalue weighted by atomic mass is 10.2. The van der Waals surface area contributed by atoms with Crippen LogP contribution in [0, 0.1) is 0 Å². The van der Waals surface area contributed by atoms with Gasteiger partial charge in [0.05, 0.1) is 6.54 Å². The van der Waals surface area contributed by atoms with E-state index in [9.17, 15) is 0 Å². The van der Waals surface area contributed by atoms with Gasteiger partial charge in [0, 0.05) is 18.8 Å². The second-order valence-corrected chi connectivity index (χ2v) is 3.10. The topological polar surface area (TPSA) is 52.0 Å². The Bertz CT molecular complexity index is 395. The summed E-state index contributed by atoms with van der Waals surface area (Å²) in [6.07, 6.45) is 4.35. The number of pyridine rings is 1. The number of nitrogens with two attached hydrogens (primary N) is 1. The third-order valence-corrected chi connectivity index (χ3v) is 2.05. The fourth-order valence-electron chi connectivity index (χ4n) is 1.33. The SMILES string of the molecule is NCc1ccc(Cc2ccncc2)o1. The van der Waals surface area contributed by atoms with Crippen molar-refractivity contribution in [3.05, 3.63) is 53.7 Å². The third kappa shape index (κ3) is 2.00. The zero-order chi connectivity index (χ0) is 9.80. The van der Waals surface area contributed by atoms with Gasteiger partial charge in [-0.2, -0.15) is 0 Å². The average molecular weight is 188 g/mol. The molecule has 0 saturated heterocycles. The second-order valence-electron chi connectivity index (χ2n) is 3.10. The summed E-state index contributed by atoms with van der Waals surface area (Å²) in [5, 5.41) is 0. The van der Waals surface area contributed by atoms with Crippen molar-refractivity contribution < 1.29 is 4.42 Å². The molecular weight excluding hydrogens is 176 g/mol. The molecule has 72 valence electrons. The van der Waals surface area contributed by atoms with E-state index in [-0.39, 0.29) is 0 Å². The van der Waals surface area contributed by atoms with Crippen LogP contribution < -0.4 is 5.73 Å². The molecule has 2 aromatic rings. The van der Waals surface area contributed by atoms with Gasteiger partial charge in [-0.15, -0.1) is 0 Å². The Morgan fingerprint density at radius 1 is 1.07 bits per heavy atom. The van der Waals surface area contributed by atoms with E-state index < -0.39 is 0 Å². The molecule has 3 heteroatoms. The summed E-state index contributed by atoms with van der Waals surface area (Å²) in [6.45, 7) is 0.455. The summed E-state index contributed by atoms with van der Waals surface area (Å²) in [7, 11) is 0. The minimum atomic E-state index is 0.455. The van der Waals surface area contributed by atoms with Crippen molar-refractivity contribution in [1.82, 2.24) is 4.98 Å². The van der Waals surface area contributed by atoms with Gasteiger partial charge in [0.25, 0.3) is 0 Å². The fourth-order valence-corrected chi connectivity index (χ4v) is 1.33. The molecule has 0 atom stereocenters. The zero-order valence-corrected chi connectivity index (χ0v) is 7.81. The lowest BCUT2D eigenvalue weighted by Gasteiger charge is -1.96. The highest BCUT2D eigenvalue weighted by Gasteiger charge is 2.01. The van der Waals surface area contributed by atoms with Crippen molar-refractivity contribution in [3.8, 4) is 0 Å². The Balaban J connectivity index is 2.11. The van der Waals surface area contributed by atoms with Crippen molar-refractivity contribution in [2.24, 2.45) is 5.73 Å². The molecule has 0 aliphatic rings. The van der Waals surface area contributed by atoms with Crippen LogP contribution in [0.4, 0.5) is 0 Å². The molecule has 0 unspecified atom stereocenters. The largest absolute Gasteiger partial charge is 0.464 e. The Morgan fingerprint density at radius 3 is 2.43 bits per heavy atom. The molecule has 0 spiro atoms. The van der Waals surface area contributed by atoms with E-state index in [0.717, 1.165) is 17.9 Å². The van der Waals surface area contributed by atoms with Crippen molar-refractivity contribution in [2.45, 2.75) is 13.0 Å². The van der Waals surface area contributed by atoms with Gasteiger partial charge in [0.1, 0.15) is 11.5 Å². The molecule has 0 saturated carbocycles. The highest BCUT2D eigenvalue weighted by molar-refractivity contribution is 5.18. The molecule has 14 heavy (non-hydrogen) atoms. The van der Waals surface area contributed by atoms with E-state index in [1.165, 1.54) is 5.56 Å². The maximum Gasteiger partial charge on any atom is 0.117 e. The van der Waals surface area contributed by atoms with Crippen LogP contribution in [0.2, 0.25) is 0 Å². The van der Waals surface area contributed by atoms with Crippen LogP contribution in [-0.2, 0) is 13.0 Å². The van der Waals surface area contributed by atoms with Gasteiger partial charge in [-0.1, -0.05) is 0 Å². The van der Waals surface area contributed by atoms with Gasteiger partial charge in [-0.25, -0.2) is 0 Å². The molecule has 2 aromatic heterocycles. The normalized spacial score (nSPS) is 10.4. The Labute approximate surface area is 82.6 Å². The molecule has 3 nitrogen and oxygen atoms in total. The van der Waals surface area contributed by atoms with Crippen LogP contribution in [0.25, 0.3) is 0 Å². The summed E-state index contributed by atoms with van der Waals surface area (Å²) in [5.74, 6) is 1.77. The lowest BCUT2D eigenvalue weighted by Crippen LogP contribution is -1.93. The highest BCUT2D eigenvalue weighted by Crippen LogP contribution is 2.12. The first-order chi connectivity index (χ1) is 6.88. The molecule has 0 aliphatic heterocycles. The molecule has 0 fully saturated rings. The summed E-state index contributed by atoms with van der Waals surface area (Å²) in [5.41, 5.74) is 6.65. The van der Waals surface area contributed by atoms with Crippen molar-refractivity contribution >= 4 is 0 Å². The lowest BCUT2D eigenvalue weighted by molar-refractivity contribution is 0.475. The number of hydrogen-bond acceptors (Lipinski definition) is 3. The Kier molecular flexibility index (Phi) is 2.60. The van der Waals surface area contributed by atoms with E-state index in [4.69, 9.17) is 10.2 Å². The quantitative estimate of drug-likeness (QED) is 0.798. The first-order valence-corrected chi connectivity index (χ1v) is 4.55. The van der Waals surface area contributed by atoms with Gasteiger partial charge in [0.15, 0.2) is 0 Å². The minimum Gasteiger partial charge on any atom is -0.464 e. The summed E-state index contributed by atoms with van der Waals surface area (Å²) < 4.78 is 5.49. The molecule has 2 rings (SSSR count). The monoisotopic (exact) mass is 188 g/mol. The van der Waals surface area contributed by atoms with Gasteiger partial charge >= 0.3 is 0 Å². The first kappa shape index (κ1) is 8.97. The minimum absolute atomic E-state index is 0.455. The van der Waals surface area contributed by atoms with Gasteiger partial charge in [-0.05, 0) is 29.8 Å². The predicted octanol–water partition coefficient (Wildman–Crippen LogP) is 1.72. The van der Waals surface area contributed by atoms with Crippen LogP contribution in [0.3, 0.4) is 0 Å². The molecular formula is C11H12N2O. The van der Waals surface area contributed by atoms with Crippen LogP contribution in [0.1, 0.15) is 17.1 Å². The maximum absolute atomic E-state index is 5.49. The van der Waals surface area contributed by atoms with Crippen LogP contribution in [-0.4, -0.2) is 4.98 Å². The Hall–Kier alpha value is -1.61. The van der Waals surface area contributed by atoms with Crippen LogP contribution >= 0.6 is 0 Å². The zero-order valence-electron chi connectivity index (χ0n) is 7.81. The molecule has 2 N–H and O–H groups in total. The predicted molar refractivity (Wildman–Crippen MR) is 53.6 cm³/mol. The van der Waals surface area contributed by atoms with Gasteiger partial charge in [-0.3, -0.25) is 4.98 Å². The van der Waals surface area contributed by atoms with E-state index in [1.807, 2.05) is 24.3 Å². The number of hydrogen-bond donors (Lipinski definition) is 1. The fraction of sp³-hybridized carbons (Fsp3) is 0.182. The number of furan rings is 1. The van der Waals surface area contributed by atoms with Crippen molar-refractivity contribution in [2.75, 3.05) is 0 Å². The van der Waals surface area contributed by atoms with Crippen molar-refractivity contribution in [1.29, 1.82) is 0 Å². The van der Waals surface area contributed by atoms with Gasteiger partial charge < -0.3 is 10.2 Å². The van der Waals surface area contributed by atoms with E-state index in [0.29, 0.717) is 6.54 Å². The first-order valence-electron chi connectivity index (χ1n) is 4.55. The second kappa shape index (κ2) is 4.07. The summed E-state index contributed by atoms with van der Waals surface area (Å²) in [4.78, 5) is 3.96. The summed E-state index contributed by atoms with van der Waals surface area (Å²) in [6, 6.07) is 7.83. The average Bonchev–Trinajstić information content (AvgIpc) is 2.67. The molecule has 0 aromatic carbocycles. The van der Waals surface area contributed by atoms with Crippen LogP contribution in [0.15, 0.2) is 41.1 Å². The maximum atomic E-state index is 5.49.